The third-order valence-electron chi connectivity index (χ3n) is 5.18. The molecule has 0 amide bonds. The molecule has 0 radical (unpaired) electrons. The van der Waals surface area contributed by atoms with Gasteiger partial charge in [0.05, 0.1) is 17.8 Å². The molecule has 128 valence electrons. The highest BCUT2D eigenvalue weighted by Crippen LogP contribution is 2.37. The first-order chi connectivity index (χ1) is 12.2. The minimum absolute atomic E-state index is 0.0985. The van der Waals surface area contributed by atoms with Gasteiger partial charge in [0.1, 0.15) is 23.4 Å². The number of hydrogen-bond acceptors (Lipinski definition) is 4. The summed E-state index contributed by atoms with van der Waals surface area (Å²) in [7, 11) is 0. The first kappa shape index (κ1) is 15.6. The summed E-state index contributed by atoms with van der Waals surface area (Å²) in [6.07, 6.45) is 7.92. The molecule has 0 aromatic carbocycles. The number of carboxylic acids is 1. The lowest BCUT2D eigenvalue weighted by molar-refractivity contribution is -0.136. The summed E-state index contributed by atoms with van der Waals surface area (Å²) in [5.41, 5.74) is 2.49. The second-order valence-corrected chi connectivity index (χ2v) is 6.74. The average molecular weight is 337 g/mol. The lowest BCUT2D eigenvalue weighted by Crippen LogP contribution is -2.21. The van der Waals surface area contributed by atoms with E-state index in [1.165, 1.54) is 0 Å². The maximum absolute atomic E-state index is 11.3. The van der Waals surface area contributed by atoms with Crippen LogP contribution < -0.4 is 0 Å². The Balaban J connectivity index is 1.81. The molecule has 4 rings (SSSR count). The van der Waals surface area contributed by atoms with Crippen LogP contribution in [-0.4, -0.2) is 30.6 Å². The molecular weight excluding hydrogens is 318 g/mol. The van der Waals surface area contributed by atoms with Crippen LogP contribution >= 0.6 is 0 Å². The Morgan fingerprint density at radius 1 is 1.40 bits per heavy atom. The SMILES string of the molecule is N#CC[C@H]1CC[C@H](n2c(CC(=O)O)nc3cnc4[nH]ccc4c32)CC1. The van der Waals surface area contributed by atoms with Crippen molar-refractivity contribution in [2.24, 2.45) is 5.92 Å². The van der Waals surface area contributed by atoms with E-state index in [9.17, 15) is 9.90 Å². The van der Waals surface area contributed by atoms with Crippen LogP contribution in [0, 0.1) is 17.2 Å². The topological polar surface area (TPSA) is 108 Å². The van der Waals surface area contributed by atoms with Crippen molar-refractivity contribution < 1.29 is 9.90 Å². The zero-order valence-corrected chi connectivity index (χ0v) is 13.8. The summed E-state index contributed by atoms with van der Waals surface area (Å²) in [5.74, 6) is 0.155. The predicted octanol–water partition coefficient (Wildman–Crippen LogP) is 3.18. The van der Waals surface area contributed by atoms with E-state index in [-0.39, 0.29) is 12.5 Å². The van der Waals surface area contributed by atoms with Gasteiger partial charge in [-0.1, -0.05) is 0 Å². The van der Waals surface area contributed by atoms with E-state index < -0.39 is 5.97 Å². The normalized spacial score (nSPS) is 20.8. The van der Waals surface area contributed by atoms with Gasteiger partial charge in [0, 0.05) is 24.0 Å². The van der Waals surface area contributed by atoms with Gasteiger partial charge in [-0.05, 0) is 37.7 Å². The number of carbonyl (C=O) groups is 1. The van der Waals surface area contributed by atoms with Crippen LogP contribution in [0.15, 0.2) is 18.5 Å². The number of imidazole rings is 1. The van der Waals surface area contributed by atoms with Gasteiger partial charge in [-0.25, -0.2) is 9.97 Å². The number of aromatic nitrogens is 4. The molecule has 7 heteroatoms. The molecule has 3 aromatic rings. The van der Waals surface area contributed by atoms with Crippen molar-refractivity contribution in [3.63, 3.8) is 0 Å². The third-order valence-corrected chi connectivity index (χ3v) is 5.18. The number of fused-ring (bicyclic) bond motifs is 3. The molecule has 0 unspecified atom stereocenters. The molecule has 1 aliphatic rings. The number of hydrogen-bond donors (Lipinski definition) is 2. The molecule has 2 N–H and O–H groups in total. The zero-order valence-electron chi connectivity index (χ0n) is 13.8. The van der Waals surface area contributed by atoms with E-state index in [1.807, 2.05) is 12.3 Å². The smallest absolute Gasteiger partial charge is 0.311 e. The fraction of sp³-hybridized carbons (Fsp3) is 0.444. The first-order valence-corrected chi connectivity index (χ1v) is 8.59. The van der Waals surface area contributed by atoms with Crippen molar-refractivity contribution in [3.8, 4) is 6.07 Å². The molecule has 3 heterocycles. The molecule has 1 saturated carbocycles. The van der Waals surface area contributed by atoms with Gasteiger partial charge in [0.15, 0.2) is 0 Å². The number of H-pyrrole nitrogens is 1. The summed E-state index contributed by atoms with van der Waals surface area (Å²) in [6.45, 7) is 0. The second kappa shape index (κ2) is 6.20. The summed E-state index contributed by atoms with van der Waals surface area (Å²) in [4.78, 5) is 23.4. The monoisotopic (exact) mass is 337 g/mol. The van der Waals surface area contributed by atoms with Crippen molar-refractivity contribution in [2.75, 3.05) is 0 Å². The van der Waals surface area contributed by atoms with Crippen molar-refractivity contribution in [1.29, 1.82) is 5.26 Å². The molecule has 25 heavy (non-hydrogen) atoms. The Labute approximate surface area is 144 Å². The van der Waals surface area contributed by atoms with Crippen molar-refractivity contribution in [3.05, 3.63) is 24.3 Å². The predicted molar refractivity (Wildman–Crippen MR) is 91.9 cm³/mol. The van der Waals surface area contributed by atoms with Crippen molar-refractivity contribution in [2.45, 2.75) is 44.6 Å². The number of pyridine rings is 1. The summed E-state index contributed by atoms with van der Waals surface area (Å²) < 4.78 is 2.11. The fourth-order valence-corrected chi connectivity index (χ4v) is 4.03. The fourth-order valence-electron chi connectivity index (χ4n) is 4.03. The molecule has 0 spiro atoms. The highest BCUT2D eigenvalue weighted by Gasteiger charge is 2.27. The largest absolute Gasteiger partial charge is 0.481 e. The number of nitrogens with zero attached hydrogens (tertiary/aromatic N) is 4. The quantitative estimate of drug-likeness (QED) is 0.760. The van der Waals surface area contributed by atoms with Gasteiger partial charge in [-0.15, -0.1) is 0 Å². The highest BCUT2D eigenvalue weighted by atomic mass is 16.4. The van der Waals surface area contributed by atoms with Crippen LogP contribution in [0.25, 0.3) is 22.1 Å². The van der Waals surface area contributed by atoms with E-state index in [1.54, 1.807) is 6.20 Å². The van der Waals surface area contributed by atoms with E-state index in [2.05, 4.69) is 25.6 Å². The van der Waals surface area contributed by atoms with Gasteiger partial charge >= 0.3 is 5.97 Å². The minimum Gasteiger partial charge on any atom is -0.481 e. The second-order valence-electron chi connectivity index (χ2n) is 6.74. The average Bonchev–Trinajstić information content (AvgIpc) is 3.19. The third kappa shape index (κ3) is 2.74. The molecule has 3 aromatic heterocycles. The minimum atomic E-state index is -0.881. The van der Waals surface area contributed by atoms with E-state index in [0.29, 0.717) is 18.2 Å². The van der Waals surface area contributed by atoms with Crippen LogP contribution in [0.1, 0.15) is 44.0 Å². The number of aliphatic carboxylic acids is 1. The van der Waals surface area contributed by atoms with Gasteiger partial charge in [0.2, 0.25) is 0 Å². The maximum atomic E-state index is 11.3. The Kier molecular flexibility index (Phi) is 3.88. The molecule has 0 bridgehead atoms. The van der Waals surface area contributed by atoms with E-state index in [4.69, 9.17) is 5.26 Å². The van der Waals surface area contributed by atoms with Crippen LogP contribution in [0.2, 0.25) is 0 Å². The summed E-state index contributed by atoms with van der Waals surface area (Å²) in [6, 6.07) is 4.45. The van der Waals surface area contributed by atoms with Gasteiger partial charge in [0.25, 0.3) is 0 Å². The molecule has 1 aliphatic carbocycles. The van der Waals surface area contributed by atoms with E-state index in [0.717, 1.165) is 47.8 Å². The Bertz CT molecular complexity index is 973. The summed E-state index contributed by atoms with van der Waals surface area (Å²) in [5, 5.41) is 19.2. The lowest BCUT2D eigenvalue weighted by Gasteiger charge is -2.29. The first-order valence-electron chi connectivity index (χ1n) is 8.59. The Morgan fingerprint density at radius 2 is 2.20 bits per heavy atom. The Morgan fingerprint density at radius 3 is 2.92 bits per heavy atom. The Hall–Kier alpha value is -2.88. The van der Waals surface area contributed by atoms with Gasteiger partial charge < -0.3 is 14.7 Å². The number of aromatic amines is 1. The van der Waals surface area contributed by atoms with Crippen molar-refractivity contribution in [1.82, 2.24) is 19.5 Å². The molecular formula is C18H19N5O2. The lowest BCUT2D eigenvalue weighted by atomic mass is 9.84. The summed E-state index contributed by atoms with van der Waals surface area (Å²) >= 11 is 0. The number of nitrogens with one attached hydrogen (secondary N) is 1. The van der Waals surface area contributed by atoms with Crippen LogP contribution in [0.4, 0.5) is 0 Å². The standard InChI is InChI=1S/C18H19N5O2/c19-7-5-11-1-3-12(4-2-11)23-15(9-16(24)25)22-14-10-21-18-13(17(14)23)6-8-20-18/h6,8,10-12H,1-5,9H2,(H,20,21)(H,24,25)/t11-,12-. The van der Waals surface area contributed by atoms with Crippen LogP contribution in [0.3, 0.4) is 0 Å². The van der Waals surface area contributed by atoms with Crippen LogP contribution in [-0.2, 0) is 11.2 Å². The highest BCUT2D eigenvalue weighted by molar-refractivity contribution is 6.01. The molecule has 7 nitrogen and oxygen atoms in total. The van der Waals surface area contributed by atoms with E-state index >= 15 is 0 Å². The van der Waals surface area contributed by atoms with Crippen molar-refractivity contribution >= 4 is 28.0 Å². The van der Waals surface area contributed by atoms with Gasteiger partial charge in [-0.2, -0.15) is 5.26 Å². The van der Waals surface area contributed by atoms with Gasteiger partial charge in [-0.3, -0.25) is 4.79 Å². The molecule has 1 fully saturated rings. The number of nitriles is 1. The number of carboxylic acid groups (broad SMARTS) is 1. The maximum Gasteiger partial charge on any atom is 0.311 e. The van der Waals surface area contributed by atoms with Crippen LogP contribution in [0.5, 0.6) is 0 Å². The number of rotatable bonds is 4. The molecule has 0 atom stereocenters. The molecule has 0 aliphatic heterocycles. The molecule has 0 saturated heterocycles. The zero-order chi connectivity index (χ0) is 17.4.